The molecule has 1 aliphatic rings. The summed E-state index contributed by atoms with van der Waals surface area (Å²) >= 11 is 0. The Morgan fingerprint density at radius 1 is 1.83 bits per heavy atom. The maximum Gasteiger partial charge on any atom is 0.161 e. The molecule has 0 spiro atoms. The summed E-state index contributed by atoms with van der Waals surface area (Å²) in [7, 11) is 0. The van der Waals surface area contributed by atoms with Gasteiger partial charge in [0.2, 0.25) is 0 Å². The van der Waals surface area contributed by atoms with Crippen molar-refractivity contribution >= 4 is 5.78 Å². The van der Waals surface area contributed by atoms with Gasteiger partial charge < -0.3 is 0 Å². The van der Waals surface area contributed by atoms with Gasteiger partial charge in [-0.25, -0.2) is 0 Å². The van der Waals surface area contributed by atoms with Gasteiger partial charge in [0.05, 0.1) is 0 Å². The van der Waals surface area contributed by atoms with Crippen molar-refractivity contribution in [1.82, 2.24) is 0 Å². The van der Waals surface area contributed by atoms with E-state index in [2.05, 4.69) is 13.5 Å². The summed E-state index contributed by atoms with van der Waals surface area (Å²) in [5.74, 6) is 0.689. The molecule has 12 heavy (non-hydrogen) atoms. The average Bonchev–Trinajstić information content (AvgIpc) is 2.02. The fraction of sp³-hybridized carbons (Fsp3) is 0.545. The first-order valence-corrected chi connectivity index (χ1v) is 4.43. The van der Waals surface area contributed by atoms with Crippen molar-refractivity contribution in [3.8, 4) is 0 Å². The molecule has 0 aromatic carbocycles. The smallest absolute Gasteiger partial charge is 0.161 e. The molecule has 0 amide bonds. The van der Waals surface area contributed by atoms with E-state index in [9.17, 15) is 4.79 Å². The molecule has 0 unspecified atom stereocenters. The minimum absolute atomic E-state index is 0.198. The van der Waals surface area contributed by atoms with E-state index in [0.717, 1.165) is 12.8 Å². The first-order chi connectivity index (χ1) is 5.61. The number of hydrogen-bond acceptors (Lipinski definition) is 1. The SMILES string of the molecule is C=CC[C@]1(C)C(=O)C=CC[C@H]1C. The molecule has 1 aliphatic carbocycles. The van der Waals surface area contributed by atoms with E-state index in [1.807, 2.05) is 19.1 Å². The van der Waals surface area contributed by atoms with Gasteiger partial charge in [-0.1, -0.05) is 26.0 Å². The quantitative estimate of drug-likeness (QED) is 0.573. The van der Waals surface area contributed by atoms with E-state index in [1.54, 1.807) is 6.08 Å². The topological polar surface area (TPSA) is 17.1 Å². The number of allylic oxidation sites excluding steroid dienone is 3. The second-order valence-corrected chi connectivity index (χ2v) is 3.81. The van der Waals surface area contributed by atoms with E-state index in [-0.39, 0.29) is 11.2 Å². The molecule has 0 fully saturated rings. The van der Waals surface area contributed by atoms with E-state index in [4.69, 9.17) is 0 Å². The second kappa shape index (κ2) is 3.26. The molecule has 1 heteroatoms. The minimum Gasteiger partial charge on any atom is -0.294 e. The van der Waals surface area contributed by atoms with Crippen molar-refractivity contribution in [2.24, 2.45) is 11.3 Å². The number of carbonyl (C=O) groups is 1. The molecule has 0 aromatic heterocycles. The largest absolute Gasteiger partial charge is 0.294 e. The standard InChI is InChI=1S/C11H16O/c1-4-8-11(3)9(2)6-5-7-10(11)12/h4-5,7,9H,1,6,8H2,2-3H3/t9-,11+/m1/s1. The maximum absolute atomic E-state index is 11.6. The van der Waals surface area contributed by atoms with Crippen LogP contribution in [0.4, 0.5) is 0 Å². The summed E-state index contributed by atoms with van der Waals surface area (Å²) < 4.78 is 0. The van der Waals surface area contributed by atoms with Gasteiger partial charge in [-0.2, -0.15) is 0 Å². The molecule has 2 atom stereocenters. The van der Waals surface area contributed by atoms with Gasteiger partial charge >= 0.3 is 0 Å². The van der Waals surface area contributed by atoms with Gasteiger partial charge in [0.15, 0.2) is 5.78 Å². The summed E-state index contributed by atoms with van der Waals surface area (Å²) in [4.78, 5) is 11.6. The third-order valence-corrected chi connectivity index (χ3v) is 2.98. The number of rotatable bonds is 2. The Bertz CT molecular complexity index is 227. The Hall–Kier alpha value is -0.850. The summed E-state index contributed by atoms with van der Waals surface area (Å²) in [6.45, 7) is 7.86. The molecular formula is C11H16O. The van der Waals surface area contributed by atoms with E-state index >= 15 is 0 Å². The highest BCUT2D eigenvalue weighted by atomic mass is 16.1. The van der Waals surface area contributed by atoms with Crippen molar-refractivity contribution in [3.63, 3.8) is 0 Å². The maximum atomic E-state index is 11.6. The Labute approximate surface area is 74.2 Å². The Kier molecular flexibility index (Phi) is 2.51. The van der Waals surface area contributed by atoms with Gasteiger partial charge in [-0.3, -0.25) is 4.79 Å². The summed E-state index contributed by atoms with van der Waals surface area (Å²) in [5.41, 5.74) is -0.198. The molecule has 1 rings (SSSR count). The van der Waals surface area contributed by atoms with Crippen LogP contribution in [0.25, 0.3) is 0 Å². The van der Waals surface area contributed by atoms with Crippen molar-refractivity contribution in [2.45, 2.75) is 26.7 Å². The fourth-order valence-corrected chi connectivity index (χ4v) is 1.67. The number of hydrogen-bond donors (Lipinski definition) is 0. The average molecular weight is 164 g/mol. The van der Waals surface area contributed by atoms with E-state index in [0.29, 0.717) is 5.92 Å². The highest BCUT2D eigenvalue weighted by Crippen LogP contribution is 2.38. The van der Waals surface area contributed by atoms with Gasteiger partial charge in [0, 0.05) is 5.41 Å². The van der Waals surface area contributed by atoms with Crippen LogP contribution in [-0.4, -0.2) is 5.78 Å². The van der Waals surface area contributed by atoms with E-state index < -0.39 is 0 Å². The number of ketones is 1. The van der Waals surface area contributed by atoms with Crippen LogP contribution >= 0.6 is 0 Å². The van der Waals surface area contributed by atoms with Crippen LogP contribution in [0, 0.1) is 11.3 Å². The predicted molar refractivity (Wildman–Crippen MR) is 50.8 cm³/mol. The molecule has 0 saturated carbocycles. The molecule has 0 bridgehead atoms. The molecular weight excluding hydrogens is 148 g/mol. The van der Waals surface area contributed by atoms with Crippen LogP contribution in [0.1, 0.15) is 26.7 Å². The van der Waals surface area contributed by atoms with Crippen molar-refractivity contribution < 1.29 is 4.79 Å². The molecule has 0 aromatic rings. The predicted octanol–water partition coefficient (Wildman–Crippen LogP) is 2.73. The van der Waals surface area contributed by atoms with E-state index in [1.165, 1.54) is 0 Å². The van der Waals surface area contributed by atoms with Crippen LogP contribution in [0.3, 0.4) is 0 Å². The molecule has 1 nitrogen and oxygen atoms in total. The number of carbonyl (C=O) groups excluding carboxylic acids is 1. The molecule has 0 heterocycles. The molecule has 0 aliphatic heterocycles. The van der Waals surface area contributed by atoms with Crippen LogP contribution in [0.5, 0.6) is 0 Å². The molecule has 0 N–H and O–H groups in total. The lowest BCUT2D eigenvalue weighted by molar-refractivity contribution is -0.126. The third kappa shape index (κ3) is 1.36. The normalized spacial score (nSPS) is 35.2. The lowest BCUT2D eigenvalue weighted by atomic mass is 9.68. The molecule has 0 radical (unpaired) electrons. The van der Waals surface area contributed by atoms with Crippen LogP contribution < -0.4 is 0 Å². The van der Waals surface area contributed by atoms with Crippen LogP contribution in [0.15, 0.2) is 24.8 Å². The van der Waals surface area contributed by atoms with Gasteiger partial charge in [0.25, 0.3) is 0 Å². The zero-order valence-corrected chi connectivity index (χ0v) is 7.84. The minimum atomic E-state index is -0.198. The molecule has 66 valence electrons. The first kappa shape index (κ1) is 9.24. The second-order valence-electron chi connectivity index (χ2n) is 3.81. The fourth-order valence-electron chi connectivity index (χ4n) is 1.67. The van der Waals surface area contributed by atoms with Crippen LogP contribution in [0.2, 0.25) is 0 Å². The zero-order valence-electron chi connectivity index (χ0n) is 7.84. The lowest BCUT2D eigenvalue weighted by Gasteiger charge is -2.34. The molecule has 0 saturated heterocycles. The Morgan fingerprint density at radius 2 is 2.50 bits per heavy atom. The van der Waals surface area contributed by atoms with Gasteiger partial charge in [0.1, 0.15) is 0 Å². The van der Waals surface area contributed by atoms with Crippen LogP contribution in [-0.2, 0) is 4.79 Å². The summed E-state index contributed by atoms with van der Waals surface area (Å²) in [6, 6.07) is 0. The third-order valence-electron chi connectivity index (χ3n) is 2.98. The first-order valence-electron chi connectivity index (χ1n) is 4.43. The Morgan fingerprint density at radius 3 is 3.00 bits per heavy atom. The summed E-state index contributed by atoms with van der Waals surface area (Å²) in [5, 5.41) is 0. The zero-order chi connectivity index (χ0) is 9.19. The van der Waals surface area contributed by atoms with Gasteiger partial charge in [-0.05, 0) is 24.8 Å². The van der Waals surface area contributed by atoms with Gasteiger partial charge in [-0.15, -0.1) is 6.58 Å². The van der Waals surface area contributed by atoms with Crippen molar-refractivity contribution in [2.75, 3.05) is 0 Å². The van der Waals surface area contributed by atoms with Crippen molar-refractivity contribution in [1.29, 1.82) is 0 Å². The lowest BCUT2D eigenvalue weighted by Crippen LogP contribution is -2.35. The highest BCUT2D eigenvalue weighted by molar-refractivity contribution is 5.95. The summed E-state index contributed by atoms with van der Waals surface area (Å²) in [6.07, 6.45) is 7.32. The monoisotopic (exact) mass is 164 g/mol. The van der Waals surface area contributed by atoms with Crippen molar-refractivity contribution in [3.05, 3.63) is 24.8 Å². The highest BCUT2D eigenvalue weighted by Gasteiger charge is 2.37. The Balaban J connectivity index is 2.90.